The molecule has 11 N–H and O–H groups in total. The standard InChI is InChI=1S/C42H28N6O21S5.3Cu.5Na/c49-32-16-24(72(61,62)63)15-28-27(32)17-31(37(42(28)54)46-48-39-36(74(67,68)69)14-21-10-23(71(58,59)60)4-6-26(21)41(39)53)45-43-29-7-1-18(11-33(29)50)19-2-8-30(34(51)12-19)44-47-38-35(73(64,65)66)13-20-9-22(70(55,56)57)3-5-25(20)40(38)52;;;;;;;;/h1-17,43-46,50-51H,(H,55,56,57)(H,58,59,60)(H,61,62,63)(H,64,65,66)(H,67,68,69);;;;;;;;/q;;;;5*+1/b47-38+,48-39+;;;;;;;;. The van der Waals surface area contributed by atoms with Crippen LogP contribution in [0.5, 0.6) is 11.5 Å². The Morgan fingerprint density at radius 1 is 0.415 bits per heavy atom. The van der Waals surface area contributed by atoms with Crippen molar-refractivity contribution in [3.8, 4) is 22.6 Å². The van der Waals surface area contributed by atoms with E-state index in [0.29, 0.717) is 18.2 Å². The van der Waals surface area contributed by atoms with Crippen LogP contribution < -0.4 is 169 Å². The van der Waals surface area contributed by atoms with Crippen LogP contribution in [0.15, 0.2) is 148 Å². The van der Waals surface area contributed by atoms with E-state index in [-0.39, 0.29) is 233 Å². The third-order valence-electron chi connectivity index (χ3n) is 10.8. The Hall–Kier alpha value is -1.75. The van der Waals surface area contributed by atoms with Crippen LogP contribution in [0.4, 0.5) is 11.4 Å². The second-order valence-electron chi connectivity index (χ2n) is 15.6. The van der Waals surface area contributed by atoms with Gasteiger partial charge in [-0.15, -0.1) is 0 Å². The van der Waals surface area contributed by atoms with E-state index in [2.05, 4.69) is 31.9 Å². The van der Waals surface area contributed by atoms with E-state index in [0.717, 1.165) is 60.7 Å². The molecule has 0 atom stereocenters. The van der Waals surface area contributed by atoms with Crippen molar-refractivity contribution in [1.82, 2.24) is 10.9 Å². The number of carbonyl (C=O) groups excluding carboxylic acids is 4. The molecule has 27 nitrogen and oxygen atoms in total. The number of hydrazine groups is 1. The molecule has 8 rings (SSSR count). The first-order valence-corrected chi connectivity index (χ1v) is 27.0. The molecule has 0 spiro atoms. The van der Waals surface area contributed by atoms with Gasteiger partial charge in [0.2, 0.25) is 17.3 Å². The number of Topliss-reactive ketones (excluding diaryl/α,β-unsaturated/α-hetero) is 3. The summed E-state index contributed by atoms with van der Waals surface area (Å²) in [5.74, 6) is -5.84. The Bertz CT molecular complexity index is 4230. The molecule has 0 amide bonds. The molecule has 0 unspecified atom stereocenters. The van der Waals surface area contributed by atoms with Crippen molar-refractivity contribution in [2.75, 3.05) is 10.9 Å². The summed E-state index contributed by atoms with van der Waals surface area (Å²) >= 11 is 0. The van der Waals surface area contributed by atoms with Crippen molar-refractivity contribution in [2.24, 2.45) is 10.2 Å². The van der Waals surface area contributed by atoms with Gasteiger partial charge in [-0.2, -0.15) is 52.3 Å². The summed E-state index contributed by atoms with van der Waals surface area (Å²) in [5.41, 5.74) is 3.97. The molecule has 3 radical (unpaired) electrons. The quantitative estimate of drug-likeness (QED) is 0.0256. The number of hydrogen-bond acceptors (Lipinski definition) is 22. The predicted octanol–water partition coefficient (Wildman–Crippen LogP) is -12.8. The Morgan fingerprint density at radius 2 is 0.841 bits per heavy atom. The Kier molecular flexibility index (Phi) is 29.8. The summed E-state index contributed by atoms with van der Waals surface area (Å²) in [6.45, 7) is 0. The minimum atomic E-state index is -5.38. The second kappa shape index (κ2) is 30.4. The molecule has 4 aliphatic rings. The maximum atomic E-state index is 14.0. The van der Waals surface area contributed by atoms with Gasteiger partial charge in [0, 0.05) is 79.6 Å². The molecule has 4 aliphatic carbocycles. The van der Waals surface area contributed by atoms with Crippen LogP contribution >= 0.6 is 0 Å². The number of fused-ring (bicyclic) bond motifs is 3. The zero-order valence-corrected chi connectivity index (χ0v) is 58.9. The third-order valence-corrected chi connectivity index (χ3v) is 15.1. The van der Waals surface area contributed by atoms with E-state index in [1.807, 2.05) is 0 Å². The van der Waals surface area contributed by atoms with Crippen LogP contribution in [0.1, 0.15) is 31.8 Å². The monoisotopic (exact) mass is 1420 g/mol. The van der Waals surface area contributed by atoms with E-state index in [4.69, 9.17) is 0 Å². The molecule has 0 aromatic heterocycles. The van der Waals surface area contributed by atoms with Crippen LogP contribution in [0, 0.1) is 0 Å². The maximum Gasteiger partial charge on any atom is 1.00 e. The molecule has 0 saturated heterocycles. The molecule has 415 valence electrons. The topological polar surface area (TPSA) is 453 Å². The Balaban J connectivity index is 0.00000820. The van der Waals surface area contributed by atoms with Crippen molar-refractivity contribution >= 4 is 109 Å². The average molecular weight is 1420 g/mol. The molecule has 4 aromatic rings. The van der Waals surface area contributed by atoms with Crippen molar-refractivity contribution in [3.05, 3.63) is 151 Å². The van der Waals surface area contributed by atoms with Crippen molar-refractivity contribution in [1.29, 1.82) is 0 Å². The zero-order chi connectivity index (χ0) is 54.2. The predicted molar refractivity (Wildman–Crippen MR) is 257 cm³/mol. The number of hydrogen-bond donors (Lipinski definition) is 11. The molecule has 0 aliphatic heterocycles. The number of rotatable bonds is 13. The molecular weight excluding hydrogens is 1390 g/mol. The smallest absolute Gasteiger partial charge is 0.506 e. The van der Waals surface area contributed by atoms with E-state index in [1.165, 1.54) is 24.3 Å². The van der Waals surface area contributed by atoms with Crippen molar-refractivity contribution < 1.29 is 293 Å². The van der Waals surface area contributed by atoms with E-state index in [1.54, 1.807) is 0 Å². The van der Waals surface area contributed by atoms with Gasteiger partial charge in [-0.25, -0.2) is 0 Å². The van der Waals surface area contributed by atoms with E-state index < -0.39 is 155 Å². The first kappa shape index (κ1) is 80.2. The van der Waals surface area contributed by atoms with Gasteiger partial charge < -0.3 is 10.2 Å². The fourth-order valence-corrected chi connectivity index (χ4v) is 10.2. The van der Waals surface area contributed by atoms with Gasteiger partial charge in [0.25, 0.3) is 50.6 Å². The number of carbonyl (C=O) groups is 4. The number of ketones is 4. The van der Waals surface area contributed by atoms with Crippen molar-refractivity contribution in [2.45, 2.75) is 9.79 Å². The van der Waals surface area contributed by atoms with Gasteiger partial charge in [-0.1, -0.05) is 12.1 Å². The average Bonchev–Trinajstić information content (AvgIpc) is 3.29. The molecule has 0 heterocycles. The number of aromatic hydroxyl groups is 2. The van der Waals surface area contributed by atoms with Crippen LogP contribution in [-0.2, 0) is 111 Å². The Labute approximate surface area is 607 Å². The second-order valence-corrected chi connectivity index (χ2v) is 22.6. The van der Waals surface area contributed by atoms with Crippen LogP contribution in [-0.4, -0.2) is 110 Å². The number of allylic oxidation sites excluding steroid dienone is 7. The Morgan fingerprint density at radius 3 is 1.24 bits per heavy atom. The van der Waals surface area contributed by atoms with Gasteiger partial charge >= 0.3 is 148 Å². The minimum absolute atomic E-state index is 0. The summed E-state index contributed by atoms with van der Waals surface area (Å²) in [6.07, 6.45) is 3.46. The van der Waals surface area contributed by atoms with Gasteiger partial charge in [0.15, 0.2) is 17.2 Å². The number of hydrazone groups is 2. The van der Waals surface area contributed by atoms with Gasteiger partial charge in [-0.3, -0.25) is 63.6 Å². The number of nitrogens with one attached hydrogen (secondary N) is 4. The summed E-state index contributed by atoms with van der Waals surface area (Å²) in [5, 5.41) is 29.5. The van der Waals surface area contributed by atoms with Gasteiger partial charge in [0.05, 0.1) is 31.8 Å². The number of phenols is 2. The van der Waals surface area contributed by atoms with Crippen LogP contribution in [0.25, 0.3) is 23.3 Å². The largest absolute Gasteiger partial charge is 1.00 e. The van der Waals surface area contributed by atoms with E-state index >= 15 is 0 Å². The molecule has 4 aromatic carbocycles. The number of phenolic OH excluding ortho intramolecular Hbond substituents is 2. The summed E-state index contributed by atoms with van der Waals surface area (Å²) in [7, 11) is -25.3. The zero-order valence-electron chi connectivity index (χ0n) is 42.0. The molecule has 82 heavy (non-hydrogen) atoms. The minimum Gasteiger partial charge on any atom is -0.506 e. The number of benzene rings is 4. The molecule has 40 heteroatoms. The summed E-state index contributed by atoms with van der Waals surface area (Å²) in [6, 6.07) is 12.6. The van der Waals surface area contributed by atoms with Crippen LogP contribution in [0.2, 0.25) is 0 Å². The first-order valence-electron chi connectivity index (χ1n) is 19.8. The van der Waals surface area contributed by atoms with E-state index in [9.17, 15) is 94.2 Å². The number of nitrogens with zero attached hydrogens (tertiary/aromatic N) is 2. The van der Waals surface area contributed by atoms with Crippen molar-refractivity contribution in [3.63, 3.8) is 0 Å². The van der Waals surface area contributed by atoms with Gasteiger partial charge in [-0.05, 0) is 107 Å². The molecular formula is C42H28Cu3N6Na5O21S5+5. The fourth-order valence-electron chi connectivity index (χ4n) is 7.31. The van der Waals surface area contributed by atoms with Gasteiger partial charge in [0.1, 0.15) is 27.0 Å². The number of anilines is 2. The maximum absolute atomic E-state index is 14.0. The molecule has 0 bridgehead atoms. The molecule has 0 fully saturated rings. The molecule has 0 saturated carbocycles. The first-order chi connectivity index (χ1) is 34.3. The third kappa shape index (κ3) is 17.5. The summed E-state index contributed by atoms with van der Waals surface area (Å²) in [4.78, 5) is 49.3. The SMILES string of the molecule is O=C1C=C(S(=O)(=O)O)C=C2C(=O)C(N/N=C3/C(=O)c4ccc(S(=O)(=O)O)cc4C=C3S(=O)(=O)O)=C(NNc3ccc(-c4ccc(N/N=C5/C(=O)c6ccc(S(=O)(=O)O)cc6C=C5S(=O)(=O)O)c(O)c4)cc3O)C=C12.[Cu].[Cu].[Cu].[Na+].[Na+].[Na+].[Na+].[Na+]. The fraction of sp³-hybridized carbons (Fsp3) is 0. The normalized spacial score (nSPS) is 15.6. The summed E-state index contributed by atoms with van der Waals surface area (Å²) < 4.78 is 169. The van der Waals surface area contributed by atoms with Crippen LogP contribution in [0.3, 0.4) is 0 Å².